The van der Waals surface area contributed by atoms with Crippen molar-refractivity contribution < 1.29 is 22.9 Å². The van der Waals surface area contributed by atoms with Crippen LogP contribution >= 0.6 is 0 Å². The summed E-state index contributed by atoms with van der Waals surface area (Å²) in [6.07, 6.45) is -0.870. The Labute approximate surface area is 135 Å². The third-order valence-corrected chi connectivity index (χ3v) is 4.21. The number of hydrogen-bond donors (Lipinski definition) is 1. The average molecular weight is 325 g/mol. The number of anilines is 1. The number of para-hydroxylation sites is 1. The van der Waals surface area contributed by atoms with Gasteiger partial charge >= 0.3 is 7.12 Å². The lowest BCUT2D eigenvalue weighted by Crippen LogP contribution is -2.41. The van der Waals surface area contributed by atoms with Crippen LogP contribution in [0.15, 0.2) is 24.3 Å². The van der Waals surface area contributed by atoms with Crippen LogP contribution in [0.4, 0.5) is 14.5 Å². The number of nitrogens with one attached hydrogen (secondary N) is 1. The van der Waals surface area contributed by atoms with Gasteiger partial charge in [0.25, 0.3) is 5.92 Å². The van der Waals surface area contributed by atoms with Gasteiger partial charge in [-0.2, -0.15) is 0 Å². The largest absolute Gasteiger partial charge is 0.496 e. The monoisotopic (exact) mass is 325 g/mol. The topological polar surface area (TPSA) is 47.6 Å². The lowest BCUT2D eigenvalue weighted by atomic mass is 9.78. The van der Waals surface area contributed by atoms with Gasteiger partial charge in [0.15, 0.2) is 0 Å². The smallest absolute Gasteiger partial charge is 0.399 e. The first kappa shape index (κ1) is 17.9. The predicted octanol–water partition coefficient (Wildman–Crippen LogP) is 2.97. The van der Waals surface area contributed by atoms with E-state index in [4.69, 9.17) is 9.31 Å². The van der Waals surface area contributed by atoms with E-state index < -0.39 is 36.6 Å². The molecule has 0 bridgehead atoms. The summed E-state index contributed by atoms with van der Waals surface area (Å²) in [7, 11) is -0.668. The lowest BCUT2D eigenvalue weighted by Gasteiger charge is -2.32. The third kappa shape index (κ3) is 4.09. The Morgan fingerprint density at radius 1 is 1.17 bits per heavy atom. The summed E-state index contributed by atoms with van der Waals surface area (Å²) < 4.78 is 37.8. The number of alkyl halides is 2. The van der Waals surface area contributed by atoms with Gasteiger partial charge in [-0.05, 0) is 40.7 Å². The fourth-order valence-electron chi connectivity index (χ4n) is 2.26. The van der Waals surface area contributed by atoms with Crippen molar-refractivity contribution in [2.45, 2.75) is 58.2 Å². The Hall–Kier alpha value is -1.47. The van der Waals surface area contributed by atoms with Crippen molar-refractivity contribution in [3.63, 3.8) is 0 Å². The van der Waals surface area contributed by atoms with E-state index in [1.54, 1.807) is 24.3 Å². The molecule has 1 heterocycles. The molecule has 7 heteroatoms. The fraction of sp³-hybridized carbons (Fsp3) is 0.562. The molecule has 4 nitrogen and oxygen atoms in total. The predicted molar refractivity (Wildman–Crippen MR) is 86.0 cm³/mol. The second-order valence-corrected chi connectivity index (χ2v) is 6.97. The zero-order chi connectivity index (χ0) is 17.5. The van der Waals surface area contributed by atoms with Crippen LogP contribution in [0, 0.1) is 0 Å². The standard InChI is InChI=1S/C16H22BF2NO3/c1-14(2)15(3,4)23-17(22-14)11-8-6-7-9-12(11)20-13(21)10-16(5,18)19/h6-9H,10H2,1-5H3,(H,20,21). The zero-order valence-corrected chi connectivity index (χ0v) is 14.1. The van der Waals surface area contributed by atoms with E-state index in [-0.39, 0.29) is 0 Å². The molecule has 0 aliphatic carbocycles. The number of carbonyl (C=O) groups is 1. The summed E-state index contributed by atoms with van der Waals surface area (Å²) in [5.74, 6) is -3.80. The molecule has 1 fully saturated rings. The van der Waals surface area contributed by atoms with Crippen molar-refractivity contribution >= 4 is 24.2 Å². The van der Waals surface area contributed by atoms with E-state index in [0.717, 1.165) is 0 Å². The minimum absolute atomic E-state index is 0.417. The lowest BCUT2D eigenvalue weighted by molar-refractivity contribution is -0.122. The highest BCUT2D eigenvalue weighted by molar-refractivity contribution is 6.64. The van der Waals surface area contributed by atoms with Crippen LogP contribution in [0.2, 0.25) is 0 Å². The Balaban J connectivity index is 2.21. The van der Waals surface area contributed by atoms with Crippen LogP contribution in [0.5, 0.6) is 0 Å². The third-order valence-electron chi connectivity index (χ3n) is 4.21. The summed E-state index contributed by atoms with van der Waals surface area (Å²) in [5, 5.41) is 2.52. The number of hydrogen-bond acceptors (Lipinski definition) is 3. The maximum Gasteiger partial charge on any atom is 0.496 e. The molecule has 1 aliphatic heterocycles. The quantitative estimate of drug-likeness (QED) is 0.866. The molecular formula is C16H22BF2NO3. The van der Waals surface area contributed by atoms with Crippen molar-refractivity contribution in [1.29, 1.82) is 0 Å². The summed E-state index contributed by atoms with van der Waals surface area (Å²) in [6.45, 7) is 8.40. The van der Waals surface area contributed by atoms with Crippen LogP contribution in [0.3, 0.4) is 0 Å². The molecule has 0 aromatic heterocycles. The van der Waals surface area contributed by atoms with Crippen LogP contribution in [-0.2, 0) is 14.1 Å². The number of rotatable bonds is 4. The number of carbonyl (C=O) groups excluding carboxylic acids is 1. The van der Waals surface area contributed by atoms with Gasteiger partial charge in [-0.15, -0.1) is 0 Å². The van der Waals surface area contributed by atoms with Crippen LogP contribution in [0.1, 0.15) is 41.0 Å². The molecule has 0 unspecified atom stereocenters. The van der Waals surface area contributed by atoms with Gasteiger partial charge in [-0.25, -0.2) is 8.78 Å². The second kappa shape index (κ2) is 5.87. The molecule has 23 heavy (non-hydrogen) atoms. The van der Waals surface area contributed by atoms with Crippen molar-refractivity contribution in [3.8, 4) is 0 Å². The van der Waals surface area contributed by atoms with E-state index in [1.807, 2.05) is 27.7 Å². The van der Waals surface area contributed by atoms with Gasteiger partial charge in [-0.1, -0.05) is 18.2 Å². The first-order chi connectivity index (χ1) is 10.4. The molecular weight excluding hydrogens is 303 g/mol. The van der Waals surface area contributed by atoms with E-state index >= 15 is 0 Å². The highest BCUT2D eigenvalue weighted by Gasteiger charge is 2.52. The second-order valence-electron chi connectivity index (χ2n) is 6.97. The number of halogens is 2. The molecule has 1 saturated heterocycles. The van der Waals surface area contributed by atoms with Crippen molar-refractivity contribution in [2.75, 3.05) is 5.32 Å². The number of benzene rings is 1. The molecule has 1 aromatic rings. The first-order valence-corrected chi connectivity index (χ1v) is 7.53. The summed E-state index contributed by atoms with van der Waals surface area (Å²) >= 11 is 0. The van der Waals surface area contributed by atoms with Crippen molar-refractivity contribution in [1.82, 2.24) is 0 Å². The number of amides is 1. The molecule has 1 aliphatic rings. The molecule has 1 amide bonds. The molecule has 1 N–H and O–H groups in total. The Kier molecular flexibility index (Phi) is 4.56. The zero-order valence-electron chi connectivity index (χ0n) is 14.1. The van der Waals surface area contributed by atoms with Gasteiger partial charge in [0.1, 0.15) is 0 Å². The van der Waals surface area contributed by atoms with Gasteiger partial charge in [0.2, 0.25) is 5.91 Å². The molecule has 0 atom stereocenters. The van der Waals surface area contributed by atoms with Gasteiger partial charge < -0.3 is 14.6 Å². The summed E-state index contributed by atoms with van der Waals surface area (Å²) in [4.78, 5) is 11.8. The molecule has 1 aromatic carbocycles. The first-order valence-electron chi connectivity index (χ1n) is 7.53. The van der Waals surface area contributed by atoms with Crippen LogP contribution < -0.4 is 10.8 Å². The SMILES string of the molecule is CC(F)(F)CC(=O)Nc1ccccc1B1OC(C)(C)C(C)(C)O1. The normalized spacial score (nSPS) is 19.7. The minimum atomic E-state index is -3.05. The Bertz CT molecular complexity index is 583. The average Bonchev–Trinajstić information content (AvgIpc) is 2.56. The molecule has 2 rings (SSSR count). The molecule has 126 valence electrons. The van der Waals surface area contributed by atoms with Crippen LogP contribution in [0.25, 0.3) is 0 Å². The molecule has 0 saturated carbocycles. The molecule has 0 radical (unpaired) electrons. The highest BCUT2D eigenvalue weighted by Crippen LogP contribution is 2.37. The minimum Gasteiger partial charge on any atom is -0.399 e. The van der Waals surface area contributed by atoms with E-state index in [1.165, 1.54) is 0 Å². The van der Waals surface area contributed by atoms with E-state index in [2.05, 4.69) is 5.32 Å². The van der Waals surface area contributed by atoms with Gasteiger partial charge in [-0.3, -0.25) is 4.79 Å². The van der Waals surface area contributed by atoms with Crippen molar-refractivity contribution in [2.24, 2.45) is 0 Å². The summed E-state index contributed by atoms with van der Waals surface area (Å²) in [6, 6.07) is 6.90. The van der Waals surface area contributed by atoms with Gasteiger partial charge in [0, 0.05) is 11.2 Å². The summed E-state index contributed by atoms with van der Waals surface area (Å²) in [5.41, 5.74) is -0.0182. The molecule has 0 spiro atoms. The van der Waals surface area contributed by atoms with Crippen molar-refractivity contribution in [3.05, 3.63) is 24.3 Å². The maximum absolute atomic E-state index is 13.0. The van der Waals surface area contributed by atoms with Gasteiger partial charge in [0.05, 0.1) is 17.6 Å². The van der Waals surface area contributed by atoms with E-state index in [0.29, 0.717) is 18.1 Å². The highest BCUT2D eigenvalue weighted by atomic mass is 19.3. The van der Waals surface area contributed by atoms with Crippen LogP contribution in [-0.4, -0.2) is 30.2 Å². The Morgan fingerprint density at radius 3 is 2.22 bits per heavy atom. The Morgan fingerprint density at radius 2 is 1.70 bits per heavy atom. The fourth-order valence-corrected chi connectivity index (χ4v) is 2.26. The maximum atomic E-state index is 13.0. The van der Waals surface area contributed by atoms with E-state index in [9.17, 15) is 13.6 Å².